The topological polar surface area (TPSA) is 67.3 Å². The van der Waals surface area contributed by atoms with Crippen LogP contribution in [0.1, 0.15) is 30.3 Å². The van der Waals surface area contributed by atoms with Crippen LogP contribution in [-0.4, -0.2) is 35.6 Å². The summed E-state index contributed by atoms with van der Waals surface area (Å²) >= 11 is 0. The lowest BCUT2D eigenvalue weighted by atomic mass is 10.3. The predicted octanol–water partition coefficient (Wildman–Crippen LogP) is 2.73. The van der Waals surface area contributed by atoms with Crippen molar-refractivity contribution in [2.75, 3.05) is 29.9 Å². The Morgan fingerprint density at radius 2 is 1.96 bits per heavy atom. The van der Waals surface area contributed by atoms with E-state index in [0.717, 1.165) is 37.5 Å². The fraction of sp³-hybridized carbons (Fsp3) is 0.353. The minimum absolute atomic E-state index is 0.239. The van der Waals surface area contributed by atoms with Crippen molar-refractivity contribution in [3.8, 4) is 5.75 Å². The third-order valence-electron chi connectivity index (χ3n) is 3.74. The Hall–Kier alpha value is -2.63. The second-order valence-electron chi connectivity index (χ2n) is 5.37. The van der Waals surface area contributed by atoms with Crippen molar-refractivity contribution in [1.82, 2.24) is 9.97 Å². The highest BCUT2D eigenvalue weighted by atomic mass is 16.5. The molecule has 0 aliphatic carbocycles. The number of carbonyl (C=O) groups excluding carboxylic acids is 1. The third kappa shape index (κ3) is 3.77. The van der Waals surface area contributed by atoms with Crippen LogP contribution in [0, 0.1) is 0 Å². The predicted molar refractivity (Wildman–Crippen MR) is 89.0 cm³/mol. The lowest BCUT2D eigenvalue weighted by molar-refractivity contribution is 0.102. The van der Waals surface area contributed by atoms with Gasteiger partial charge < -0.3 is 15.0 Å². The van der Waals surface area contributed by atoms with E-state index < -0.39 is 0 Å². The Bertz CT molecular complexity index is 667. The molecule has 120 valence electrons. The molecule has 0 radical (unpaired) electrons. The van der Waals surface area contributed by atoms with Gasteiger partial charge in [0.2, 0.25) is 0 Å². The molecule has 6 heteroatoms. The summed E-state index contributed by atoms with van der Waals surface area (Å²) in [6.45, 7) is 4.52. The fourth-order valence-corrected chi connectivity index (χ4v) is 2.59. The van der Waals surface area contributed by atoms with Gasteiger partial charge in [0.25, 0.3) is 5.91 Å². The van der Waals surface area contributed by atoms with Crippen LogP contribution in [0.5, 0.6) is 5.75 Å². The van der Waals surface area contributed by atoms with Crippen LogP contribution in [0.3, 0.4) is 0 Å². The molecule has 0 atom stereocenters. The first kappa shape index (κ1) is 15.3. The number of hydrogen-bond acceptors (Lipinski definition) is 5. The summed E-state index contributed by atoms with van der Waals surface area (Å²) in [5.41, 5.74) is 1.08. The summed E-state index contributed by atoms with van der Waals surface area (Å²) < 4.78 is 5.38. The molecule has 1 fully saturated rings. The minimum Gasteiger partial charge on any atom is -0.494 e. The first-order valence-electron chi connectivity index (χ1n) is 7.87. The Balaban J connectivity index is 1.69. The number of hydrogen-bond donors (Lipinski definition) is 1. The van der Waals surface area contributed by atoms with E-state index in [1.54, 1.807) is 6.07 Å². The van der Waals surface area contributed by atoms with E-state index in [2.05, 4.69) is 20.2 Å². The van der Waals surface area contributed by atoms with Gasteiger partial charge in [0.15, 0.2) is 0 Å². The lowest BCUT2D eigenvalue weighted by Gasteiger charge is -2.16. The summed E-state index contributed by atoms with van der Waals surface area (Å²) in [4.78, 5) is 22.9. The molecule has 0 bridgehead atoms. The Morgan fingerprint density at radius 1 is 1.22 bits per heavy atom. The third-order valence-corrected chi connectivity index (χ3v) is 3.74. The van der Waals surface area contributed by atoms with E-state index in [1.807, 2.05) is 31.2 Å². The molecule has 2 heterocycles. The van der Waals surface area contributed by atoms with E-state index >= 15 is 0 Å². The number of benzene rings is 1. The van der Waals surface area contributed by atoms with E-state index in [4.69, 9.17) is 4.74 Å². The second-order valence-corrected chi connectivity index (χ2v) is 5.37. The Labute approximate surface area is 135 Å². The molecule has 0 spiro atoms. The molecule has 23 heavy (non-hydrogen) atoms. The quantitative estimate of drug-likeness (QED) is 0.919. The monoisotopic (exact) mass is 312 g/mol. The number of aromatic nitrogens is 2. The molecule has 2 aromatic rings. The molecule has 1 aromatic heterocycles. The Morgan fingerprint density at radius 3 is 2.65 bits per heavy atom. The van der Waals surface area contributed by atoms with Gasteiger partial charge in [-0.1, -0.05) is 0 Å². The van der Waals surface area contributed by atoms with Crippen LogP contribution in [0.15, 0.2) is 36.7 Å². The standard InChI is InChI=1S/C17H20N4O2/c1-2-23-14-7-5-13(6-8-14)20-17(22)15-11-16(19-12-18-15)21-9-3-4-10-21/h5-8,11-12H,2-4,9-10H2,1H3,(H,20,22). The summed E-state index contributed by atoms with van der Waals surface area (Å²) in [6.07, 6.45) is 3.77. The molecule has 0 saturated carbocycles. The number of nitrogens with zero attached hydrogens (tertiary/aromatic N) is 3. The molecule has 1 amide bonds. The van der Waals surface area contributed by atoms with Crippen LogP contribution in [0.25, 0.3) is 0 Å². The normalized spacial score (nSPS) is 13.9. The SMILES string of the molecule is CCOc1ccc(NC(=O)c2cc(N3CCCC3)ncn2)cc1. The number of anilines is 2. The fourth-order valence-electron chi connectivity index (χ4n) is 2.59. The van der Waals surface area contributed by atoms with Crippen molar-refractivity contribution in [3.63, 3.8) is 0 Å². The van der Waals surface area contributed by atoms with Gasteiger partial charge in [-0.15, -0.1) is 0 Å². The number of amides is 1. The summed E-state index contributed by atoms with van der Waals surface area (Å²) in [7, 11) is 0. The number of carbonyl (C=O) groups is 1. The van der Waals surface area contributed by atoms with Crippen molar-refractivity contribution in [2.24, 2.45) is 0 Å². The maximum absolute atomic E-state index is 12.3. The van der Waals surface area contributed by atoms with Gasteiger partial charge in [-0.05, 0) is 44.0 Å². The number of nitrogens with one attached hydrogen (secondary N) is 1. The summed E-state index contributed by atoms with van der Waals surface area (Å²) in [5.74, 6) is 1.36. The highest BCUT2D eigenvalue weighted by Crippen LogP contribution is 2.19. The van der Waals surface area contributed by atoms with Crippen molar-refractivity contribution in [3.05, 3.63) is 42.4 Å². The van der Waals surface area contributed by atoms with E-state index in [9.17, 15) is 4.79 Å². The van der Waals surface area contributed by atoms with Gasteiger partial charge in [-0.25, -0.2) is 9.97 Å². The second kappa shape index (κ2) is 7.09. The minimum atomic E-state index is -0.239. The molecule has 1 aliphatic heterocycles. The van der Waals surface area contributed by atoms with Crippen molar-refractivity contribution >= 4 is 17.4 Å². The zero-order valence-corrected chi connectivity index (χ0v) is 13.2. The summed E-state index contributed by atoms with van der Waals surface area (Å²) in [6, 6.07) is 9.02. The largest absolute Gasteiger partial charge is 0.494 e. The van der Waals surface area contributed by atoms with Crippen molar-refractivity contribution in [2.45, 2.75) is 19.8 Å². The summed E-state index contributed by atoms with van der Waals surface area (Å²) in [5, 5.41) is 2.84. The smallest absolute Gasteiger partial charge is 0.274 e. The number of rotatable bonds is 5. The van der Waals surface area contributed by atoms with Gasteiger partial charge in [0, 0.05) is 24.8 Å². The van der Waals surface area contributed by atoms with Crippen molar-refractivity contribution in [1.29, 1.82) is 0 Å². The molecule has 1 aromatic carbocycles. The molecule has 6 nitrogen and oxygen atoms in total. The van der Waals surface area contributed by atoms with Gasteiger partial charge >= 0.3 is 0 Å². The van der Waals surface area contributed by atoms with Gasteiger partial charge in [0.05, 0.1) is 6.61 Å². The molecule has 3 rings (SSSR count). The maximum atomic E-state index is 12.3. The van der Waals surface area contributed by atoms with Gasteiger partial charge in [-0.3, -0.25) is 4.79 Å². The maximum Gasteiger partial charge on any atom is 0.274 e. The van der Waals surface area contributed by atoms with Crippen LogP contribution in [0.4, 0.5) is 11.5 Å². The molecular weight excluding hydrogens is 292 g/mol. The van der Waals surface area contributed by atoms with E-state index in [-0.39, 0.29) is 5.91 Å². The van der Waals surface area contributed by atoms with E-state index in [0.29, 0.717) is 18.0 Å². The molecule has 0 unspecified atom stereocenters. The zero-order valence-electron chi connectivity index (χ0n) is 13.2. The lowest BCUT2D eigenvalue weighted by Crippen LogP contribution is -2.21. The van der Waals surface area contributed by atoms with Crippen LogP contribution in [0.2, 0.25) is 0 Å². The highest BCUT2D eigenvalue weighted by molar-refractivity contribution is 6.03. The van der Waals surface area contributed by atoms with Gasteiger partial charge in [-0.2, -0.15) is 0 Å². The van der Waals surface area contributed by atoms with Crippen LogP contribution in [-0.2, 0) is 0 Å². The van der Waals surface area contributed by atoms with E-state index in [1.165, 1.54) is 6.33 Å². The van der Waals surface area contributed by atoms with Crippen molar-refractivity contribution < 1.29 is 9.53 Å². The van der Waals surface area contributed by atoms with Crippen LogP contribution < -0.4 is 15.0 Å². The molecular formula is C17H20N4O2. The number of ether oxygens (including phenoxy) is 1. The average molecular weight is 312 g/mol. The molecule has 1 N–H and O–H groups in total. The molecule has 1 aliphatic rings. The Kier molecular flexibility index (Phi) is 4.71. The van der Waals surface area contributed by atoms with Crippen LogP contribution >= 0.6 is 0 Å². The first-order chi connectivity index (χ1) is 11.3. The van der Waals surface area contributed by atoms with Gasteiger partial charge in [0.1, 0.15) is 23.6 Å². The molecule has 1 saturated heterocycles. The average Bonchev–Trinajstić information content (AvgIpc) is 3.12. The zero-order chi connectivity index (χ0) is 16.1. The highest BCUT2D eigenvalue weighted by Gasteiger charge is 2.16. The first-order valence-corrected chi connectivity index (χ1v) is 7.87.